The molecule has 1 rings (SSSR count). The van der Waals surface area contributed by atoms with Gasteiger partial charge >= 0.3 is 0 Å². The van der Waals surface area contributed by atoms with Gasteiger partial charge in [-0.05, 0) is 37.1 Å². The molecule has 2 unspecified atom stereocenters. The second kappa shape index (κ2) is 5.12. The van der Waals surface area contributed by atoms with Crippen LogP contribution in [0.3, 0.4) is 0 Å². The highest BCUT2D eigenvalue weighted by atomic mass is 19.1. The van der Waals surface area contributed by atoms with Gasteiger partial charge < -0.3 is 9.84 Å². The molecule has 1 aromatic rings. The zero-order valence-corrected chi connectivity index (χ0v) is 9.33. The van der Waals surface area contributed by atoms with Crippen LogP contribution >= 0.6 is 0 Å². The van der Waals surface area contributed by atoms with Crippen LogP contribution in [0, 0.1) is 0 Å². The molecular formula is C12H17FO2. The van der Waals surface area contributed by atoms with Crippen LogP contribution in [-0.4, -0.2) is 18.3 Å². The van der Waals surface area contributed by atoms with Gasteiger partial charge in [0.2, 0.25) is 0 Å². The lowest BCUT2D eigenvalue weighted by Crippen LogP contribution is -2.06. The van der Waals surface area contributed by atoms with Crippen molar-refractivity contribution in [3.05, 3.63) is 29.3 Å². The van der Waals surface area contributed by atoms with Crippen LogP contribution in [0.25, 0.3) is 0 Å². The molecule has 1 aromatic carbocycles. The van der Waals surface area contributed by atoms with Gasteiger partial charge in [0.15, 0.2) is 0 Å². The summed E-state index contributed by atoms with van der Waals surface area (Å²) in [4.78, 5) is 0. The minimum atomic E-state index is -0.997. The summed E-state index contributed by atoms with van der Waals surface area (Å²) in [5.41, 5.74) is 1.46. The van der Waals surface area contributed by atoms with Crippen molar-refractivity contribution in [2.24, 2.45) is 0 Å². The van der Waals surface area contributed by atoms with Crippen molar-refractivity contribution in [1.82, 2.24) is 0 Å². The van der Waals surface area contributed by atoms with E-state index >= 15 is 0 Å². The second-order valence-corrected chi connectivity index (χ2v) is 3.74. The Morgan fingerprint density at radius 2 is 2.07 bits per heavy atom. The minimum Gasteiger partial charge on any atom is -0.496 e. The third-order valence-corrected chi connectivity index (χ3v) is 2.28. The van der Waals surface area contributed by atoms with E-state index in [1.807, 2.05) is 0 Å². The molecule has 15 heavy (non-hydrogen) atoms. The molecule has 0 saturated carbocycles. The van der Waals surface area contributed by atoms with Crippen LogP contribution in [-0.2, 0) is 6.42 Å². The lowest BCUT2D eigenvalue weighted by molar-refractivity contribution is 0.194. The van der Waals surface area contributed by atoms with Crippen LogP contribution in [0.15, 0.2) is 18.2 Å². The van der Waals surface area contributed by atoms with Crippen molar-refractivity contribution in [1.29, 1.82) is 0 Å². The number of rotatable bonds is 4. The fourth-order valence-corrected chi connectivity index (χ4v) is 1.52. The van der Waals surface area contributed by atoms with E-state index in [2.05, 4.69) is 0 Å². The molecule has 2 nitrogen and oxygen atoms in total. The number of methoxy groups -OCH3 is 1. The van der Waals surface area contributed by atoms with Gasteiger partial charge in [0.25, 0.3) is 0 Å². The second-order valence-electron chi connectivity index (χ2n) is 3.74. The minimum absolute atomic E-state index is 0.455. The van der Waals surface area contributed by atoms with Crippen molar-refractivity contribution in [3.63, 3.8) is 0 Å². The summed E-state index contributed by atoms with van der Waals surface area (Å²) in [6.07, 6.45) is -0.975. The van der Waals surface area contributed by atoms with E-state index < -0.39 is 12.3 Å². The summed E-state index contributed by atoms with van der Waals surface area (Å²) in [6, 6.07) is 5.19. The van der Waals surface area contributed by atoms with Gasteiger partial charge in [-0.25, -0.2) is 4.39 Å². The van der Waals surface area contributed by atoms with Crippen LogP contribution in [0.4, 0.5) is 4.39 Å². The molecule has 0 bridgehead atoms. The fourth-order valence-electron chi connectivity index (χ4n) is 1.52. The maximum atomic E-state index is 13.1. The van der Waals surface area contributed by atoms with E-state index in [9.17, 15) is 9.50 Å². The molecular weight excluding hydrogens is 195 g/mol. The molecule has 2 atom stereocenters. The van der Waals surface area contributed by atoms with E-state index in [1.165, 1.54) is 6.92 Å². The van der Waals surface area contributed by atoms with Crippen LogP contribution in [0.1, 0.15) is 31.1 Å². The molecule has 0 aliphatic heterocycles. The lowest BCUT2D eigenvalue weighted by atomic mass is 10.0. The number of hydrogen-bond donors (Lipinski definition) is 1. The molecule has 0 spiro atoms. The zero-order valence-electron chi connectivity index (χ0n) is 9.33. The number of ether oxygens (including phenoxy) is 1. The number of aliphatic hydroxyl groups excluding tert-OH is 1. The van der Waals surface area contributed by atoms with Gasteiger partial charge in [0.1, 0.15) is 11.9 Å². The number of aliphatic hydroxyl groups is 1. The molecule has 84 valence electrons. The first-order chi connectivity index (χ1) is 7.04. The Kier molecular flexibility index (Phi) is 4.09. The van der Waals surface area contributed by atoms with Gasteiger partial charge in [-0.2, -0.15) is 0 Å². The molecule has 0 aliphatic carbocycles. The summed E-state index contributed by atoms with van der Waals surface area (Å²) >= 11 is 0. The normalized spacial score (nSPS) is 14.7. The van der Waals surface area contributed by atoms with E-state index in [-0.39, 0.29) is 0 Å². The number of hydrogen-bond acceptors (Lipinski definition) is 2. The van der Waals surface area contributed by atoms with E-state index in [1.54, 1.807) is 32.2 Å². The van der Waals surface area contributed by atoms with Crippen LogP contribution in [0.5, 0.6) is 5.75 Å². The average molecular weight is 212 g/mol. The van der Waals surface area contributed by atoms with Crippen molar-refractivity contribution in [3.8, 4) is 5.75 Å². The zero-order chi connectivity index (χ0) is 11.4. The molecule has 1 N–H and O–H groups in total. The summed E-state index contributed by atoms with van der Waals surface area (Å²) in [5.74, 6) is 0.695. The number of halogens is 1. The van der Waals surface area contributed by atoms with E-state index in [4.69, 9.17) is 4.74 Å². The lowest BCUT2D eigenvalue weighted by Gasteiger charge is -2.12. The van der Waals surface area contributed by atoms with E-state index in [0.29, 0.717) is 17.7 Å². The quantitative estimate of drug-likeness (QED) is 0.831. The molecule has 3 heteroatoms. The molecule has 0 heterocycles. The van der Waals surface area contributed by atoms with Gasteiger partial charge in [-0.1, -0.05) is 6.07 Å². The molecule has 0 amide bonds. The number of benzene rings is 1. The molecule has 0 radical (unpaired) electrons. The monoisotopic (exact) mass is 212 g/mol. The van der Waals surface area contributed by atoms with Crippen molar-refractivity contribution >= 4 is 0 Å². The van der Waals surface area contributed by atoms with Crippen molar-refractivity contribution < 1.29 is 14.2 Å². The smallest absolute Gasteiger partial charge is 0.122 e. The first-order valence-electron chi connectivity index (χ1n) is 5.03. The highest BCUT2D eigenvalue weighted by Crippen LogP contribution is 2.25. The van der Waals surface area contributed by atoms with Crippen LogP contribution < -0.4 is 4.74 Å². The SMILES string of the molecule is COc1ccc(C(C)F)cc1CC(C)O. The van der Waals surface area contributed by atoms with Crippen LogP contribution in [0.2, 0.25) is 0 Å². The summed E-state index contributed by atoms with van der Waals surface area (Å²) in [7, 11) is 1.57. The van der Waals surface area contributed by atoms with Gasteiger partial charge in [-0.3, -0.25) is 0 Å². The Hall–Kier alpha value is -1.09. The van der Waals surface area contributed by atoms with Gasteiger partial charge in [0.05, 0.1) is 13.2 Å². The van der Waals surface area contributed by atoms with Crippen molar-refractivity contribution in [2.45, 2.75) is 32.5 Å². The third-order valence-electron chi connectivity index (χ3n) is 2.28. The highest BCUT2D eigenvalue weighted by molar-refractivity contribution is 5.38. The maximum Gasteiger partial charge on any atom is 0.122 e. The van der Waals surface area contributed by atoms with E-state index in [0.717, 1.165) is 5.56 Å². The Morgan fingerprint density at radius 3 is 2.53 bits per heavy atom. The Bertz CT molecular complexity index is 321. The maximum absolute atomic E-state index is 13.1. The first-order valence-corrected chi connectivity index (χ1v) is 5.03. The number of alkyl halides is 1. The third kappa shape index (κ3) is 3.20. The largest absolute Gasteiger partial charge is 0.496 e. The first kappa shape index (κ1) is 12.0. The molecule has 0 saturated heterocycles. The summed E-state index contributed by atoms with van der Waals surface area (Å²) in [5, 5.41) is 9.31. The molecule has 0 aromatic heterocycles. The average Bonchev–Trinajstić information content (AvgIpc) is 2.16. The van der Waals surface area contributed by atoms with Crippen molar-refractivity contribution in [2.75, 3.05) is 7.11 Å². The standard InChI is InChI=1S/C12H17FO2/c1-8(14)6-11-7-10(9(2)13)4-5-12(11)15-3/h4-5,7-9,14H,6H2,1-3H3. The highest BCUT2D eigenvalue weighted by Gasteiger charge is 2.10. The predicted molar refractivity (Wildman–Crippen MR) is 57.9 cm³/mol. The topological polar surface area (TPSA) is 29.5 Å². The molecule has 0 aliphatic rings. The summed E-state index contributed by atoms with van der Waals surface area (Å²) < 4.78 is 18.2. The Balaban J connectivity index is 3.02. The Labute approximate surface area is 89.7 Å². The molecule has 0 fully saturated rings. The predicted octanol–water partition coefficient (Wildman–Crippen LogP) is 2.65. The summed E-state index contributed by atoms with van der Waals surface area (Å²) in [6.45, 7) is 3.19. The van der Waals surface area contributed by atoms with Gasteiger partial charge in [-0.15, -0.1) is 0 Å². The van der Waals surface area contributed by atoms with Gasteiger partial charge in [0, 0.05) is 6.42 Å². The Morgan fingerprint density at radius 1 is 1.40 bits per heavy atom. The fraction of sp³-hybridized carbons (Fsp3) is 0.500.